The molecule has 0 radical (unpaired) electrons. The zero-order valence-electron chi connectivity index (χ0n) is 18.7. The number of ether oxygens (including phenoxy) is 1. The minimum Gasteiger partial charge on any atom is -0.507 e. The van der Waals surface area contributed by atoms with Crippen LogP contribution in [0.4, 0.5) is 0 Å². The van der Waals surface area contributed by atoms with E-state index in [1.165, 1.54) is 12.2 Å². The summed E-state index contributed by atoms with van der Waals surface area (Å²) < 4.78 is 5.13. The molecule has 1 amide bonds. The monoisotopic (exact) mass is 492 g/mol. The van der Waals surface area contributed by atoms with Crippen LogP contribution in [-0.4, -0.2) is 64.5 Å². The minimum absolute atomic E-state index is 0.00985. The van der Waals surface area contributed by atoms with Gasteiger partial charge < -0.3 is 25.0 Å². The Morgan fingerprint density at radius 1 is 1.18 bits per heavy atom. The number of esters is 1. The average Bonchev–Trinajstić information content (AvgIpc) is 2.82. The number of piperidine rings is 1. The number of hydrogen-bond acceptors (Lipinski definition) is 8. The first-order chi connectivity index (χ1) is 16.4. The topological polar surface area (TPSA) is 129 Å². The first kappa shape index (κ1) is 25.6. The molecule has 2 aliphatic heterocycles. The Bertz CT molecular complexity index is 984. The van der Waals surface area contributed by atoms with Gasteiger partial charge in [-0.15, -0.1) is 0 Å². The number of aliphatic hydroxyl groups excluding tert-OH is 1. The van der Waals surface area contributed by atoms with Gasteiger partial charge in [-0.25, -0.2) is 4.79 Å². The fraction of sp³-hybridized carbons (Fsp3) is 0.417. The highest BCUT2D eigenvalue weighted by Crippen LogP contribution is 2.38. The largest absolute Gasteiger partial charge is 0.507 e. The van der Waals surface area contributed by atoms with Crippen LogP contribution in [0.3, 0.4) is 0 Å². The van der Waals surface area contributed by atoms with Crippen molar-refractivity contribution >= 4 is 29.6 Å². The number of aliphatic hydroxyl groups is 1. The molecule has 9 nitrogen and oxygen atoms in total. The SMILES string of the molecule is O=C1OCC(O)C=CCCC=C/C(NOCC(=O)N2CCCCC2)=C/c2c(Cl)c(O)cc(O)c21. The summed E-state index contributed by atoms with van der Waals surface area (Å²) in [5.74, 6) is -2.05. The molecule has 1 unspecified atom stereocenters. The van der Waals surface area contributed by atoms with Crippen molar-refractivity contribution in [1.82, 2.24) is 10.4 Å². The third kappa shape index (κ3) is 6.99. The number of nitrogens with zero attached hydrogens (tertiary/aromatic N) is 1. The van der Waals surface area contributed by atoms with Gasteiger partial charge >= 0.3 is 5.97 Å². The van der Waals surface area contributed by atoms with Crippen LogP contribution in [0.5, 0.6) is 11.5 Å². The summed E-state index contributed by atoms with van der Waals surface area (Å²) >= 11 is 6.25. The molecule has 0 aromatic heterocycles. The van der Waals surface area contributed by atoms with Crippen LogP contribution in [0.1, 0.15) is 48.0 Å². The molecular weight excluding hydrogens is 464 g/mol. The van der Waals surface area contributed by atoms with E-state index in [1.807, 2.05) is 6.08 Å². The number of nitrogens with one attached hydrogen (secondary N) is 1. The van der Waals surface area contributed by atoms with Crippen LogP contribution >= 0.6 is 11.6 Å². The number of fused-ring (bicyclic) bond motifs is 1. The van der Waals surface area contributed by atoms with Crippen LogP contribution < -0.4 is 5.48 Å². The highest BCUT2D eigenvalue weighted by atomic mass is 35.5. The van der Waals surface area contributed by atoms with E-state index in [0.717, 1.165) is 25.3 Å². The van der Waals surface area contributed by atoms with Crippen molar-refractivity contribution in [3.8, 4) is 11.5 Å². The Hall–Kier alpha value is -3.01. The molecule has 2 heterocycles. The lowest BCUT2D eigenvalue weighted by Crippen LogP contribution is -2.39. The van der Waals surface area contributed by atoms with Gasteiger partial charge in [0.05, 0.1) is 10.7 Å². The summed E-state index contributed by atoms with van der Waals surface area (Å²) in [6.07, 6.45) is 11.5. The predicted octanol–water partition coefficient (Wildman–Crippen LogP) is 3.05. The van der Waals surface area contributed by atoms with Gasteiger partial charge in [-0.3, -0.25) is 15.1 Å². The average molecular weight is 493 g/mol. The van der Waals surface area contributed by atoms with Crippen molar-refractivity contribution in [1.29, 1.82) is 0 Å². The van der Waals surface area contributed by atoms with Gasteiger partial charge in [0.2, 0.25) is 0 Å². The quantitative estimate of drug-likeness (QED) is 0.287. The zero-order chi connectivity index (χ0) is 24.5. The molecule has 0 bridgehead atoms. The molecule has 1 fully saturated rings. The fourth-order valence-corrected chi connectivity index (χ4v) is 3.83. The number of allylic oxidation sites excluding steroid dienone is 3. The van der Waals surface area contributed by atoms with Crippen LogP contribution in [0.25, 0.3) is 6.08 Å². The smallest absolute Gasteiger partial charge is 0.342 e. The molecule has 0 spiro atoms. The third-order valence-electron chi connectivity index (χ3n) is 5.40. The van der Waals surface area contributed by atoms with E-state index in [4.69, 9.17) is 21.2 Å². The van der Waals surface area contributed by atoms with Crippen LogP contribution in [0.15, 0.2) is 36.1 Å². The molecule has 0 aliphatic carbocycles. The van der Waals surface area contributed by atoms with E-state index < -0.39 is 23.6 Å². The summed E-state index contributed by atoms with van der Waals surface area (Å²) in [4.78, 5) is 32.2. The molecule has 184 valence electrons. The van der Waals surface area contributed by atoms with Crippen LogP contribution in [-0.2, 0) is 14.4 Å². The van der Waals surface area contributed by atoms with Crippen LogP contribution in [0.2, 0.25) is 5.02 Å². The van der Waals surface area contributed by atoms with Crippen molar-refractivity contribution in [2.24, 2.45) is 0 Å². The molecule has 1 aromatic rings. The predicted molar refractivity (Wildman–Crippen MR) is 126 cm³/mol. The molecule has 3 rings (SSSR count). The number of cyclic esters (lactones) is 1. The van der Waals surface area contributed by atoms with Gasteiger partial charge in [-0.05, 0) is 44.3 Å². The first-order valence-electron chi connectivity index (χ1n) is 11.2. The van der Waals surface area contributed by atoms with Crippen molar-refractivity contribution in [3.63, 3.8) is 0 Å². The highest BCUT2D eigenvalue weighted by Gasteiger charge is 2.23. The van der Waals surface area contributed by atoms with Gasteiger partial charge in [-0.2, -0.15) is 0 Å². The number of carbonyl (C=O) groups is 2. The van der Waals surface area contributed by atoms with E-state index in [9.17, 15) is 24.9 Å². The maximum atomic E-state index is 12.7. The van der Waals surface area contributed by atoms with Gasteiger partial charge in [0.15, 0.2) is 6.61 Å². The minimum atomic E-state index is -1.01. The molecule has 1 saturated heterocycles. The molecule has 10 heteroatoms. The van der Waals surface area contributed by atoms with Gasteiger partial charge in [-0.1, -0.05) is 29.8 Å². The maximum Gasteiger partial charge on any atom is 0.342 e. The lowest BCUT2D eigenvalue weighted by Gasteiger charge is -2.26. The number of halogens is 1. The van der Waals surface area contributed by atoms with E-state index >= 15 is 0 Å². The van der Waals surface area contributed by atoms with Crippen molar-refractivity contribution in [3.05, 3.63) is 52.2 Å². The van der Waals surface area contributed by atoms with Gasteiger partial charge in [0.25, 0.3) is 5.91 Å². The second kappa shape index (κ2) is 12.5. The number of likely N-dealkylation sites (tertiary alicyclic amines) is 1. The third-order valence-corrected chi connectivity index (χ3v) is 5.80. The van der Waals surface area contributed by atoms with E-state index in [-0.39, 0.29) is 35.3 Å². The summed E-state index contributed by atoms with van der Waals surface area (Å²) in [5, 5.41) is 30.2. The molecule has 2 aliphatic rings. The normalized spacial score (nSPS) is 21.1. The lowest BCUT2D eigenvalue weighted by atomic mass is 10.0. The van der Waals surface area contributed by atoms with Crippen LogP contribution in [0, 0.1) is 0 Å². The second-order valence-electron chi connectivity index (χ2n) is 8.02. The molecule has 4 N–H and O–H groups in total. The Kier molecular flexibility index (Phi) is 9.38. The standard InChI is InChI=1S/C24H29ClN2O7/c25-23-18-12-16(26-34-15-21(31)27-10-6-3-7-11-27)8-4-1-2-5-9-17(28)14-33-24(32)22(18)19(29)13-20(23)30/h4-5,8-9,12-13,17,26,28-30H,1-3,6-7,10-11,14-15H2/b8-4?,9-5?,16-12-. The Morgan fingerprint density at radius 2 is 1.91 bits per heavy atom. The molecule has 1 aromatic carbocycles. The second-order valence-corrected chi connectivity index (χ2v) is 8.40. The first-order valence-corrected chi connectivity index (χ1v) is 11.5. The van der Waals surface area contributed by atoms with E-state index in [1.54, 1.807) is 17.1 Å². The summed E-state index contributed by atoms with van der Waals surface area (Å²) in [7, 11) is 0. The molecule has 0 saturated carbocycles. The summed E-state index contributed by atoms with van der Waals surface area (Å²) in [5.41, 5.74) is 2.73. The number of phenols is 2. The number of hydrogen-bond donors (Lipinski definition) is 4. The number of amides is 1. The Balaban J connectivity index is 1.87. The number of aromatic hydroxyl groups is 2. The number of benzene rings is 1. The Labute approximate surface area is 202 Å². The lowest BCUT2D eigenvalue weighted by molar-refractivity contribution is -0.139. The molecular formula is C24H29ClN2O7. The number of rotatable bonds is 4. The number of hydroxylamine groups is 1. The molecule has 1 atom stereocenters. The fourth-order valence-electron chi connectivity index (χ4n) is 3.63. The number of carbonyl (C=O) groups excluding carboxylic acids is 2. The van der Waals surface area contributed by atoms with Gasteiger partial charge in [0, 0.05) is 24.7 Å². The molecule has 34 heavy (non-hydrogen) atoms. The zero-order valence-corrected chi connectivity index (χ0v) is 19.5. The maximum absolute atomic E-state index is 12.7. The van der Waals surface area contributed by atoms with Gasteiger partial charge in [0.1, 0.15) is 29.8 Å². The Morgan fingerprint density at radius 3 is 2.68 bits per heavy atom. The van der Waals surface area contributed by atoms with E-state index in [0.29, 0.717) is 31.6 Å². The summed E-state index contributed by atoms with van der Waals surface area (Å²) in [6.45, 7) is 0.895. The van der Waals surface area contributed by atoms with E-state index in [2.05, 4.69) is 5.48 Å². The van der Waals surface area contributed by atoms with Crippen molar-refractivity contribution in [2.45, 2.75) is 38.2 Å². The highest BCUT2D eigenvalue weighted by molar-refractivity contribution is 6.34. The van der Waals surface area contributed by atoms with Crippen molar-refractivity contribution < 1.29 is 34.5 Å². The number of phenolic OH excluding ortho intramolecular Hbond substituents is 2. The summed E-state index contributed by atoms with van der Waals surface area (Å²) in [6, 6.07) is 0.937. The van der Waals surface area contributed by atoms with Crippen molar-refractivity contribution in [2.75, 3.05) is 26.3 Å².